The molecule has 12 heteroatoms. The van der Waals surface area contributed by atoms with Gasteiger partial charge in [-0.2, -0.15) is 18.2 Å². The Morgan fingerprint density at radius 1 is 1.22 bits per heavy atom. The number of nitrogens with zero attached hydrogens (tertiary/aromatic N) is 3. The summed E-state index contributed by atoms with van der Waals surface area (Å²) >= 11 is 6.06. The van der Waals surface area contributed by atoms with Crippen LogP contribution in [-0.4, -0.2) is 46.9 Å². The van der Waals surface area contributed by atoms with Crippen molar-refractivity contribution >= 4 is 17.5 Å². The number of halogens is 4. The molecule has 2 saturated heterocycles. The number of amides is 1. The van der Waals surface area contributed by atoms with Gasteiger partial charge in [0.2, 0.25) is 17.6 Å². The normalized spacial score (nSPS) is 24.3. The van der Waals surface area contributed by atoms with Gasteiger partial charge in [-0.15, -0.1) is 0 Å². The summed E-state index contributed by atoms with van der Waals surface area (Å²) in [6, 6.07) is 2.98. The van der Waals surface area contributed by atoms with Crippen LogP contribution in [0.5, 0.6) is 0 Å². The van der Waals surface area contributed by atoms with Gasteiger partial charge in [-0.05, 0) is 44.1 Å². The van der Waals surface area contributed by atoms with Gasteiger partial charge in [0.05, 0.1) is 16.5 Å². The minimum Gasteiger partial charge on any atom is -0.338 e. The van der Waals surface area contributed by atoms with Crippen LogP contribution in [0.25, 0.3) is 11.4 Å². The zero-order valence-electron chi connectivity index (χ0n) is 16.7. The molecule has 2 atom stereocenters. The maximum Gasteiger partial charge on any atom is 0.416 e. The van der Waals surface area contributed by atoms with Crippen LogP contribution in [0.4, 0.5) is 13.2 Å². The average molecular weight is 469 g/mol. The lowest BCUT2D eigenvalue weighted by atomic mass is 9.92. The Balaban J connectivity index is 1.38. The van der Waals surface area contributed by atoms with Gasteiger partial charge in [0.1, 0.15) is 6.17 Å². The third kappa shape index (κ3) is 3.84. The predicted octanol–water partition coefficient (Wildman–Crippen LogP) is 2.65. The second-order valence-corrected chi connectivity index (χ2v) is 8.44. The molecule has 1 aromatic heterocycles. The number of aromatic nitrogens is 2. The Bertz CT molecular complexity index is 1070. The van der Waals surface area contributed by atoms with Crippen molar-refractivity contribution < 1.29 is 22.5 Å². The number of hydrogen-bond donors (Lipinski definition) is 3. The van der Waals surface area contributed by atoms with Gasteiger partial charge in [0.25, 0.3) is 0 Å². The minimum absolute atomic E-state index is 0.0911. The zero-order valence-corrected chi connectivity index (χ0v) is 17.5. The van der Waals surface area contributed by atoms with Crippen LogP contribution in [-0.2, 0) is 11.0 Å². The van der Waals surface area contributed by atoms with Crippen LogP contribution in [0, 0.1) is 5.92 Å². The van der Waals surface area contributed by atoms with Crippen molar-refractivity contribution in [3.63, 3.8) is 0 Å². The number of hydrogen-bond acceptors (Lipinski definition) is 7. The Morgan fingerprint density at radius 2 is 2.00 bits per heavy atom. The molecule has 0 spiro atoms. The number of alkyl halides is 3. The van der Waals surface area contributed by atoms with Gasteiger partial charge in [-0.3, -0.25) is 9.80 Å². The highest BCUT2D eigenvalue weighted by atomic mass is 35.5. The van der Waals surface area contributed by atoms with Crippen molar-refractivity contribution in [3.05, 3.63) is 46.4 Å². The summed E-state index contributed by atoms with van der Waals surface area (Å²) in [5, 5.41) is 12.0. The fourth-order valence-corrected chi connectivity index (χ4v) is 4.68. The predicted molar refractivity (Wildman–Crippen MR) is 108 cm³/mol. The van der Waals surface area contributed by atoms with E-state index in [2.05, 4.69) is 26.2 Å². The molecule has 0 bridgehead atoms. The number of benzene rings is 1. The first-order valence-corrected chi connectivity index (χ1v) is 10.7. The molecule has 1 aromatic carbocycles. The molecule has 4 heterocycles. The fourth-order valence-electron chi connectivity index (χ4n) is 4.42. The highest BCUT2D eigenvalue weighted by Gasteiger charge is 2.44. The van der Waals surface area contributed by atoms with Crippen LogP contribution >= 0.6 is 11.6 Å². The molecule has 0 aliphatic carbocycles. The van der Waals surface area contributed by atoms with Gasteiger partial charge in [-0.25, -0.2) is 5.43 Å². The molecule has 170 valence electrons. The van der Waals surface area contributed by atoms with Gasteiger partial charge in [0, 0.05) is 29.8 Å². The third-order valence-corrected chi connectivity index (χ3v) is 6.35. The molecular weight excluding hydrogens is 449 g/mol. The molecule has 3 N–H and O–H groups in total. The largest absolute Gasteiger partial charge is 0.416 e. The molecule has 3 aliphatic rings. The Labute approximate surface area is 186 Å². The first-order valence-electron chi connectivity index (χ1n) is 10.3. The van der Waals surface area contributed by atoms with Gasteiger partial charge in [0.15, 0.2) is 0 Å². The number of nitrogens with one attached hydrogen (secondary N) is 3. The summed E-state index contributed by atoms with van der Waals surface area (Å²) in [7, 11) is 0. The summed E-state index contributed by atoms with van der Waals surface area (Å²) in [5.74, 6) is 0.106. The molecule has 5 rings (SSSR count). The van der Waals surface area contributed by atoms with Crippen molar-refractivity contribution in [2.45, 2.75) is 31.1 Å². The van der Waals surface area contributed by atoms with Crippen molar-refractivity contribution in [1.29, 1.82) is 0 Å². The Kier molecular flexibility index (Phi) is 5.34. The third-order valence-electron chi connectivity index (χ3n) is 6.04. The number of carbonyl (C=O) groups is 1. The average Bonchev–Trinajstić information content (AvgIpc) is 3.40. The number of hydrazine groups is 1. The number of carbonyl (C=O) groups excluding carboxylic acids is 1. The van der Waals surface area contributed by atoms with E-state index in [1.165, 1.54) is 6.07 Å². The first-order chi connectivity index (χ1) is 15.3. The Hall–Kier alpha value is -2.63. The van der Waals surface area contributed by atoms with Gasteiger partial charge >= 0.3 is 6.18 Å². The van der Waals surface area contributed by atoms with Crippen molar-refractivity contribution in [2.24, 2.45) is 5.92 Å². The van der Waals surface area contributed by atoms with E-state index in [-0.39, 0.29) is 40.0 Å². The number of rotatable bonds is 3. The molecular formula is C20H20ClF3N6O2. The van der Waals surface area contributed by atoms with Crippen LogP contribution in [0.3, 0.4) is 0 Å². The molecule has 32 heavy (non-hydrogen) atoms. The highest BCUT2D eigenvalue weighted by Crippen LogP contribution is 2.37. The van der Waals surface area contributed by atoms with E-state index in [1.807, 2.05) is 5.01 Å². The topological polar surface area (TPSA) is 95.3 Å². The number of fused-ring (bicyclic) bond motifs is 1. The minimum atomic E-state index is -4.50. The molecule has 2 aromatic rings. The first kappa shape index (κ1) is 21.2. The van der Waals surface area contributed by atoms with E-state index < -0.39 is 17.9 Å². The van der Waals surface area contributed by atoms with E-state index in [4.69, 9.17) is 16.1 Å². The number of allylic oxidation sites excluding steroid dienone is 1. The quantitative estimate of drug-likeness (QED) is 0.637. The Morgan fingerprint density at radius 3 is 2.72 bits per heavy atom. The molecule has 2 unspecified atom stereocenters. The lowest BCUT2D eigenvalue weighted by Crippen LogP contribution is -2.53. The maximum absolute atomic E-state index is 12.9. The molecule has 0 radical (unpaired) electrons. The van der Waals surface area contributed by atoms with Crippen LogP contribution in [0.2, 0.25) is 5.02 Å². The fraction of sp³-hybridized carbons (Fsp3) is 0.450. The van der Waals surface area contributed by atoms with E-state index in [0.29, 0.717) is 6.54 Å². The second-order valence-electron chi connectivity index (χ2n) is 8.03. The van der Waals surface area contributed by atoms with Crippen LogP contribution in [0.15, 0.2) is 34.5 Å². The summed E-state index contributed by atoms with van der Waals surface area (Å²) in [4.78, 5) is 16.8. The monoisotopic (exact) mass is 468 g/mol. The van der Waals surface area contributed by atoms with Crippen molar-refractivity contribution in [3.8, 4) is 11.4 Å². The summed E-state index contributed by atoms with van der Waals surface area (Å²) in [6.45, 7) is 2.24. The standard InChI is InChI=1S/C20H20ClF3N6O2/c21-14-7-11(20(22,23)24)1-2-12(14)17-28-19(32-29-17)13-9-26-30-15(8-16(31)27-18(13)30)10-3-5-25-6-4-10/h1-2,7-8,10,13,18,25-26H,3-6,9H2,(H,27,31). The maximum atomic E-state index is 12.9. The summed E-state index contributed by atoms with van der Waals surface area (Å²) < 4.78 is 44.1. The zero-order chi connectivity index (χ0) is 22.5. The lowest BCUT2D eigenvalue weighted by Gasteiger charge is -2.38. The number of piperidine rings is 1. The molecule has 1 amide bonds. The van der Waals surface area contributed by atoms with Crippen LogP contribution < -0.4 is 16.1 Å². The van der Waals surface area contributed by atoms with Gasteiger partial charge in [-0.1, -0.05) is 16.8 Å². The molecule has 8 nitrogen and oxygen atoms in total. The highest BCUT2D eigenvalue weighted by molar-refractivity contribution is 6.33. The van der Waals surface area contributed by atoms with Gasteiger partial charge < -0.3 is 15.2 Å². The van der Waals surface area contributed by atoms with E-state index >= 15 is 0 Å². The van der Waals surface area contributed by atoms with Crippen LogP contribution in [0.1, 0.15) is 30.2 Å². The lowest BCUT2D eigenvalue weighted by molar-refractivity contribution is -0.137. The molecule has 0 saturated carbocycles. The molecule has 2 fully saturated rings. The second kappa shape index (κ2) is 8.05. The molecule has 3 aliphatic heterocycles. The summed E-state index contributed by atoms with van der Waals surface area (Å²) in [6.07, 6.45) is -1.41. The van der Waals surface area contributed by atoms with Crippen molar-refractivity contribution in [1.82, 2.24) is 31.2 Å². The van der Waals surface area contributed by atoms with Crippen molar-refractivity contribution in [2.75, 3.05) is 19.6 Å². The summed E-state index contributed by atoms with van der Waals surface area (Å²) in [5.41, 5.74) is 3.63. The SMILES string of the molecule is O=C1C=C(C2CCNCC2)N2NCC(c3nc(-c4ccc(C(F)(F)F)cc4Cl)no3)C2N1. The van der Waals surface area contributed by atoms with E-state index in [0.717, 1.165) is 43.8 Å². The van der Waals surface area contributed by atoms with E-state index in [9.17, 15) is 18.0 Å². The van der Waals surface area contributed by atoms with E-state index in [1.54, 1.807) is 6.08 Å². The smallest absolute Gasteiger partial charge is 0.338 e.